The van der Waals surface area contributed by atoms with Crippen LogP contribution in [0.15, 0.2) is 35.4 Å². The first-order chi connectivity index (χ1) is 10.4. The molecule has 0 aliphatic rings. The van der Waals surface area contributed by atoms with Gasteiger partial charge in [-0.15, -0.1) is 0 Å². The molecule has 0 aromatic heterocycles. The number of aryl methyl sites for hydroxylation is 2. The number of benzene rings is 2. The smallest absolute Gasteiger partial charge is 0.251 e. The number of hydrogen-bond donors (Lipinski definition) is 3. The van der Waals surface area contributed by atoms with Crippen LogP contribution < -0.4 is 11.1 Å². The van der Waals surface area contributed by atoms with Crippen LogP contribution in [0.3, 0.4) is 0 Å². The maximum Gasteiger partial charge on any atom is 0.251 e. The second kappa shape index (κ2) is 6.34. The van der Waals surface area contributed by atoms with Crippen LogP contribution in [-0.4, -0.2) is 5.91 Å². The fraction of sp³-hybridized carbons (Fsp3) is 0.188. The molecule has 5 nitrogen and oxygen atoms in total. The first-order valence-electron chi connectivity index (χ1n) is 6.73. The summed E-state index contributed by atoms with van der Waals surface area (Å²) in [6.07, 6.45) is 0. The predicted octanol–water partition coefficient (Wildman–Crippen LogP) is 3.62. The molecule has 0 heterocycles. The Morgan fingerprint density at radius 2 is 1.95 bits per heavy atom. The highest BCUT2D eigenvalue weighted by molar-refractivity contribution is 5.94. The summed E-state index contributed by atoms with van der Waals surface area (Å²) in [5, 5.41) is 6.12. The van der Waals surface area contributed by atoms with Crippen molar-refractivity contribution in [2.75, 3.05) is 5.73 Å². The lowest BCUT2D eigenvalue weighted by molar-refractivity contribution is 0.0950. The van der Waals surface area contributed by atoms with Crippen molar-refractivity contribution in [3.8, 4) is 0 Å². The molecule has 0 radical (unpaired) electrons. The van der Waals surface area contributed by atoms with Crippen LogP contribution >= 0.6 is 0 Å². The van der Waals surface area contributed by atoms with Crippen molar-refractivity contribution in [2.45, 2.75) is 20.4 Å². The number of carbonyl (C=O) groups is 1. The molecule has 0 unspecified atom stereocenters. The van der Waals surface area contributed by atoms with Gasteiger partial charge >= 0.3 is 0 Å². The van der Waals surface area contributed by atoms with Gasteiger partial charge in [0.1, 0.15) is 11.5 Å². The zero-order valence-electron chi connectivity index (χ0n) is 12.4. The number of halogens is 1. The Kier molecular flexibility index (Phi) is 4.50. The lowest BCUT2D eigenvalue weighted by Crippen LogP contribution is -2.23. The molecule has 0 aliphatic heterocycles. The lowest BCUT2D eigenvalue weighted by atomic mass is 10.0. The second-order valence-electron chi connectivity index (χ2n) is 5.06. The number of rotatable bonds is 4. The van der Waals surface area contributed by atoms with E-state index in [9.17, 15) is 9.18 Å². The minimum atomic E-state index is -0.422. The predicted molar refractivity (Wildman–Crippen MR) is 82.7 cm³/mol. The van der Waals surface area contributed by atoms with E-state index in [-0.39, 0.29) is 12.1 Å². The summed E-state index contributed by atoms with van der Waals surface area (Å²) in [6.45, 7) is 3.65. The molecule has 22 heavy (non-hydrogen) atoms. The summed E-state index contributed by atoms with van der Waals surface area (Å²) in [5.41, 5.74) is 16.0. The van der Waals surface area contributed by atoms with Gasteiger partial charge in [-0.05, 0) is 43.2 Å². The summed E-state index contributed by atoms with van der Waals surface area (Å²) in [5.74, 6) is -0.814. The van der Waals surface area contributed by atoms with E-state index in [1.54, 1.807) is 31.2 Å². The summed E-state index contributed by atoms with van der Waals surface area (Å²) in [6, 6.07) is 7.80. The van der Waals surface area contributed by atoms with Crippen molar-refractivity contribution in [3.63, 3.8) is 0 Å². The topological polar surface area (TPSA) is 91.3 Å². The number of amides is 1. The standard InChI is InChI=1S/C16H17FN4O/c1-9-4-6-14(18)15(21-19)12(9)8-20-16(22)11-5-3-10(2)13(17)7-11/h3-7,19H,8,18H2,1-2H3,(H,20,22). The third-order valence-electron chi connectivity index (χ3n) is 3.52. The second-order valence-corrected chi connectivity index (χ2v) is 5.06. The quantitative estimate of drug-likeness (QED) is 0.594. The first-order valence-corrected chi connectivity index (χ1v) is 6.73. The molecule has 2 aromatic carbocycles. The SMILES string of the molecule is Cc1ccc(C(=O)NCc2c(C)ccc(N)c2N=N)cc1F. The number of carbonyl (C=O) groups excluding carboxylic acids is 1. The molecule has 0 saturated carbocycles. The molecule has 4 N–H and O–H groups in total. The van der Waals surface area contributed by atoms with Crippen LogP contribution in [-0.2, 0) is 6.54 Å². The van der Waals surface area contributed by atoms with E-state index >= 15 is 0 Å². The zero-order valence-corrected chi connectivity index (χ0v) is 12.4. The summed E-state index contributed by atoms with van der Waals surface area (Å²) < 4.78 is 13.5. The maximum absolute atomic E-state index is 13.5. The van der Waals surface area contributed by atoms with Crippen LogP contribution in [0, 0.1) is 25.2 Å². The molecule has 114 valence electrons. The first kappa shape index (κ1) is 15.6. The molecule has 0 atom stereocenters. The molecule has 6 heteroatoms. The van der Waals surface area contributed by atoms with E-state index in [0.717, 1.165) is 5.56 Å². The molecular weight excluding hydrogens is 283 g/mol. The van der Waals surface area contributed by atoms with Gasteiger partial charge in [0.2, 0.25) is 0 Å². The summed E-state index contributed by atoms with van der Waals surface area (Å²) in [4.78, 5) is 12.1. The van der Waals surface area contributed by atoms with E-state index in [1.165, 1.54) is 6.07 Å². The summed E-state index contributed by atoms with van der Waals surface area (Å²) in [7, 11) is 0. The maximum atomic E-state index is 13.5. The number of nitrogens with two attached hydrogens (primary N) is 1. The third-order valence-corrected chi connectivity index (χ3v) is 3.52. The Hall–Kier alpha value is -2.76. The number of hydrogen-bond acceptors (Lipinski definition) is 4. The molecule has 2 aromatic rings. The van der Waals surface area contributed by atoms with Gasteiger partial charge in [0, 0.05) is 17.7 Å². The molecule has 0 saturated heterocycles. The monoisotopic (exact) mass is 300 g/mol. The number of nitrogen functional groups attached to an aromatic ring is 1. The van der Waals surface area contributed by atoms with E-state index in [0.29, 0.717) is 22.5 Å². The van der Waals surface area contributed by atoms with Gasteiger partial charge in [-0.1, -0.05) is 12.1 Å². The van der Waals surface area contributed by atoms with Crippen molar-refractivity contribution in [2.24, 2.45) is 5.11 Å². The van der Waals surface area contributed by atoms with Gasteiger partial charge in [0.25, 0.3) is 5.91 Å². The van der Waals surface area contributed by atoms with Gasteiger partial charge in [-0.2, -0.15) is 5.11 Å². The molecule has 0 spiro atoms. The summed E-state index contributed by atoms with van der Waals surface area (Å²) >= 11 is 0. The normalized spacial score (nSPS) is 10.3. The van der Waals surface area contributed by atoms with Crippen LogP contribution in [0.1, 0.15) is 27.0 Å². The fourth-order valence-corrected chi connectivity index (χ4v) is 2.12. The number of anilines is 1. The number of nitrogens with zero attached hydrogens (tertiary/aromatic N) is 1. The van der Waals surface area contributed by atoms with Gasteiger partial charge < -0.3 is 11.1 Å². The lowest BCUT2D eigenvalue weighted by Gasteiger charge is -2.12. The minimum Gasteiger partial charge on any atom is -0.397 e. The Balaban J connectivity index is 2.19. The minimum absolute atomic E-state index is 0.170. The Labute approximate surface area is 127 Å². The van der Waals surface area contributed by atoms with Crippen molar-refractivity contribution in [1.29, 1.82) is 5.53 Å². The Morgan fingerprint density at radius 3 is 2.59 bits per heavy atom. The fourth-order valence-electron chi connectivity index (χ4n) is 2.12. The zero-order chi connectivity index (χ0) is 16.3. The molecule has 1 amide bonds. The highest BCUT2D eigenvalue weighted by Gasteiger charge is 2.12. The molecule has 2 rings (SSSR count). The largest absolute Gasteiger partial charge is 0.397 e. The molecular formula is C16H17FN4O. The van der Waals surface area contributed by atoms with Crippen LogP contribution in [0.4, 0.5) is 15.8 Å². The average Bonchev–Trinajstić information content (AvgIpc) is 2.50. The van der Waals surface area contributed by atoms with Crippen molar-refractivity contribution in [1.82, 2.24) is 5.32 Å². The Bertz CT molecular complexity index is 743. The van der Waals surface area contributed by atoms with Crippen LogP contribution in [0.5, 0.6) is 0 Å². The van der Waals surface area contributed by atoms with Gasteiger partial charge in [0.15, 0.2) is 0 Å². The molecule has 0 fully saturated rings. The van der Waals surface area contributed by atoms with Gasteiger partial charge in [-0.25, -0.2) is 9.92 Å². The highest BCUT2D eigenvalue weighted by atomic mass is 19.1. The van der Waals surface area contributed by atoms with Crippen LogP contribution in [0.25, 0.3) is 0 Å². The van der Waals surface area contributed by atoms with Crippen molar-refractivity contribution in [3.05, 3.63) is 58.4 Å². The van der Waals surface area contributed by atoms with Crippen LogP contribution in [0.2, 0.25) is 0 Å². The van der Waals surface area contributed by atoms with Crippen molar-refractivity contribution >= 4 is 17.3 Å². The van der Waals surface area contributed by atoms with Gasteiger partial charge in [-0.3, -0.25) is 4.79 Å². The highest BCUT2D eigenvalue weighted by Crippen LogP contribution is 2.29. The number of nitrogens with one attached hydrogen (secondary N) is 2. The van der Waals surface area contributed by atoms with E-state index in [1.807, 2.05) is 6.92 Å². The average molecular weight is 300 g/mol. The van der Waals surface area contributed by atoms with E-state index in [2.05, 4.69) is 10.4 Å². The van der Waals surface area contributed by atoms with Gasteiger partial charge in [0.05, 0.1) is 5.69 Å². The third kappa shape index (κ3) is 3.11. The molecule has 0 bridgehead atoms. The van der Waals surface area contributed by atoms with E-state index in [4.69, 9.17) is 11.3 Å². The Morgan fingerprint density at radius 1 is 1.27 bits per heavy atom. The molecule has 0 aliphatic carbocycles. The van der Waals surface area contributed by atoms with Crippen molar-refractivity contribution < 1.29 is 9.18 Å². The van der Waals surface area contributed by atoms with E-state index < -0.39 is 11.7 Å².